The largest absolute Gasteiger partial charge is 0.392 e. The van der Waals surface area contributed by atoms with Gasteiger partial charge in [-0.2, -0.15) is 0 Å². The van der Waals surface area contributed by atoms with E-state index in [9.17, 15) is 4.79 Å². The topological polar surface area (TPSA) is 61.7 Å². The number of hydrogen-bond acceptors (Lipinski definition) is 3. The van der Waals surface area contributed by atoms with Crippen molar-refractivity contribution in [1.29, 1.82) is 0 Å². The van der Waals surface area contributed by atoms with Gasteiger partial charge in [-0.3, -0.25) is 4.79 Å². The summed E-state index contributed by atoms with van der Waals surface area (Å²) >= 11 is 0. The van der Waals surface area contributed by atoms with Crippen LogP contribution in [0.25, 0.3) is 0 Å². The fourth-order valence-corrected chi connectivity index (χ4v) is 0.625. The van der Waals surface area contributed by atoms with Crippen LogP contribution in [0.5, 0.6) is 0 Å². The molecule has 72 valence electrons. The van der Waals surface area contributed by atoms with E-state index >= 15 is 0 Å². The number of nitrogens with zero attached hydrogens (tertiary/aromatic N) is 1. The molecule has 0 heterocycles. The molecule has 0 fully saturated rings. The van der Waals surface area contributed by atoms with E-state index in [2.05, 4.69) is 16.9 Å². The van der Waals surface area contributed by atoms with Gasteiger partial charge in [-0.05, 0) is 12.5 Å². The van der Waals surface area contributed by atoms with E-state index in [0.29, 0.717) is 11.4 Å². The molecule has 0 aromatic carbocycles. The van der Waals surface area contributed by atoms with E-state index in [4.69, 9.17) is 5.11 Å². The maximum Gasteiger partial charge on any atom is 0.222 e. The van der Waals surface area contributed by atoms with Crippen molar-refractivity contribution in [3.63, 3.8) is 0 Å². The Kier molecular flexibility index (Phi) is 5.47. The van der Waals surface area contributed by atoms with Crippen LogP contribution in [0, 0.1) is 0 Å². The van der Waals surface area contributed by atoms with E-state index < -0.39 is 0 Å². The first-order valence-corrected chi connectivity index (χ1v) is 3.84. The molecule has 2 N–H and O–H groups in total. The van der Waals surface area contributed by atoms with Gasteiger partial charge in [0.15, 0.2) is 0 Å². The molecule has 13 heavy (non-hydrogen) atoms. The van der Waals surface area contributed by atoms with Crippen molar-refractivity contribution >= 4 is 11.7 Å². The summed E-state index contributed by atoms with van der Waals surface area (Å²) in [6.07, 6.45) is 2.96. The lowest BCUT2D eigenvalue weighted by Gasteiger charge is -1.98. The molecule has 0 aliphatic carbocycles. The van der Waals surface area contributed by atoms with Crippen molar-refractivity contribution in [1.82, 2.24) is 5.32 Å². The molecule has 4 heteroatoms. The van der Waals surface area contributed by atoms with Gasteiger partial charge in [-0.25, -0.2) is 4.99 Å². The van der Waals surface area contributed by atoms with Crippen LogP contribution in [0.2, 0.25) is 0 Å². The first-order chi connectivity index (χ1) is 6.10. The molecule has 0 unspecified atom stereocenters. The van der Waals surface area contributed by atoms with Crippen molar-refractivity contribution in [3.8, 4) is 0 Å². The zero-order chi connectivity index (χ0) is 10.3. The Morgan fingerprint density at radius 3 is 2.62 bits per heavy atom. The molecule has 0 spiro atoms. The Balaban J connectivity index is 4.30. The van der Waals surface area contributed by atoms with Crippen LogP contribution < -0.4 is 5.32 Å². The summed E-state index contributed by atoms with van der Waals surface area (Å²) in [7, 11) is 0. The second kappa shape index (κ2) is 6.14. The summed E-state index contributed by atoms with van der Waals surface area (Å²) in [6, 6.07) is 0. The molecule has 0 saturated heterocycles. The predicted octanol–water partition coefficient (Wildman–Crippen LogP) is 0.603. The van der Waals surface area contributed by atoms with Gasteiger partial charge in [0.2, 0.25) is 5.91 Å². The average molecular weight is 182 g/mol. The number of hydrogen-bond donors (Lipinski definition) is 2. The second-order valence-electron chi connectivity index (χ2n) is 2.46. The summed E-state index contributed by atoms with van der Waals surface area (Å²) in [4.78, 5) is 14.5. The number of rotatable bonds is 3. The zero-order valence-corrected chi connectivity index (χ0v) is 7.87. The number of carbonyl (C=O) groups excluding carboxylic acids is 1. The predicted molar refractivity (Wildman–Crippen MR) is 52.3 cm³/mol. The van der Waals surface area contributed by atoms with Crippen LogP contribution in [0.4, 0.5) is 0 Å². The quantitative estimate of drug-likeness (QED) is 0.381. The molecule has 4 nitrogen and oxygen atoms in total. The van der Waals surface area contributed by atoms with Gasteiger partial charge in [0.05, 0.1) is 6.61 Å². The van der Waals surface area contributed by atoms with Crippen molar-refractivity contribution in [3.05, 3.63) is 24.4 Å². The van der Waals surface area contributed by atoms with Gasteiger partial charge in [0, 0.05) is 13.1 Å². The number of aliphatic hydroxyl groups is 1. The van der Waals surface area contributed by atoms with Crippen molar-refractivity contribution in [2.45, 2.75) is 13.8 Å². The molecule has 0 aliphatic heterocycles. The number of aliphatic hydroxyl groups excluding tert-OH is 1. The van der Waals surface area contributed by atoms with Crippen LogP contribution in [-0.2, 0) is 4.79 Å². The highest BCUT2D eigenvalue weighted by Crippen LogP contribution is 1.93. The summed E-state index contributed by atoms with van der Waals surface area (Å²) in [5.74, 6) is 0.319. The number of amidine groups is 1. The lowest BCUT2D eigenvalue weighted by Crippen LogP contribution is -2.25. The highest BCUT2D eigenvalue weighted by molar-refractivity contribution is 5.96. The van der Waals surface area contributed by atoms with Gasteiger partial charge >= 0.3 is 0 Å². The number of amides is 1. The minimum Gasteiger partial charge on any atom is -0.392 e. The maximum atomic E-state index is 10.6. The molecule has 0 rings (SSSR count). The van der Waals surface area contributed by atoms with Gasteiger partial charge in [0.1, 0.15) is 5.84 Å². The SMILES string of the molecule is C=C/C(=C\N=C(C)NC(C)=O)CO. The Bertz CT molecular complexity index is 254. The monoisotopic (exact) mass is 182 g/mol. The highest BCUT2D eigenvalue weighted by atomic mass is 16.3. The third-order valence-corrected chi connectivity index (χ3v) is 1.23. The van der Waals surface area contributed by atoms with Gasteiger partial charge < -0.3 is 10.4 Å². The Labute approximate surface area is 77.7 Å². The molecule has 0 radical (unpaired) electrons. The minimum atomic E-state index is -0.168. The van der Waals surface area contributed by atoms with E-state index in [1.807, 2.05) is 0 Å². The molecule has 0 aromatic heterocycles. The molecule has 0 saturated carbocycles. The van der Waals surface area contributed by atoms with Crippen LogP contribution >= 0.6 is 0 Å². The molecule has 0 aliphatic rings. The molecular weight excluding hydrogens is 168 g/mol. The second-order valence-corrected chi connectivity index (χ2v) is 2.46. The molecular formula is C9H14N2O2. The highest BCUT2D eigenvalue weighted by Gasteiger charge is 1.92. The van der Waals surface area contributed by atoms with Crippen molar-refractivity contribution in [2.24, 2.45) is 4.99 Å². The van der Waals surface area contributed by atoms with Crippen LogP contribution in [-0.4, -0.2) is 23.5 Å². The number of nitrogens with one attached hydrogen (secondary N) is 1. The summed E-state index contributed by atoms with van der Waals surface area (Å²) in [5, 5.41) is 11.2. The Morgan fingerprint density at radius 2 is 2.23 bits per heavy atom. The summed E-state index contributed by atoms with van der Waals surface area (Å²) < 4.78 is 0. The number of aliphatic imine (C=N–C) groups is 1. The normalized spacial score (nSPS) is 12.5. The summed E-state index contributed by atoms with van der Waals surface area (Å²) in [5.41, 5.74) is 0.602. The lowest BCUT2D eigenvalue weighted by molar-refractivity contribution is -0.117. The van der Waals surface area contributed by atoms with Gasteiger partial charge in [-0.15, -0.1) is 0 Å². The first-order valence-electron chi connectivity index (χ1n) is 3.84. The van der Waals surface area contributed by atoms with E-state index in [-0.39, 0.29) is 12.5 Å². The zero-order valence-electron chi connectivity index (χ0n) is 7.87. The third kappa shape index (κ3) is 5.81. The standard InChI is InChI=1S/C9H14N2O2/c1-4-9(6-12)5-10-7(2)11-8(3)13/h4-5,12H,1,6H2,2-3H3,(H,10,11,13)/b9-5+. The fraction of sp³-hybridized carbons (Fsp3) is 0.333. The first kappa shape index (κ1) is 11.6. The van der Waals surface area contributed by atoms with Gasteiger partial charge in [-0.1, -0.05) is 12.7 Å². The minimum absolute atomic E-state index is 0.111. The van der Waals surface area contributed by atoms with E-state index in [0.717, 1.165) is 0 Å². The van der Waals surface area contributed by atoms with Crippen LogP contribution in [0.1, 0.15) is 13.8 Å². The lowest BCUT2D eigenvalue weighted by atomic mass is 10.3. The Hall–Kier alpha value is -1.42. The molecule has 1 amide bonds. The van der Waals surface area contributed by atoms with Gasteiger partial charge in [0.25, 0.3) is 0 Å². The van der Waals surface area contributed by atoms with E-state index in [1.165, 1.54) is 19.2 Å². The van der Waals surface area contributed by atoms with Crippen molar-refractivity contribution < 1.29 is 9.90 Å². The third-order valence-electron chi connectivity index (χ3n) is 1.23. The average Bonchev–Trinajstić information content (AvgIpc) is 2.05. The molecule has 0 aromatic rings. The van der Waals surface area contributed by atoms with Crippen molar-refractivity contribution in [2.75, 3.05) is 6.61 Å². The van der Waals surface area contributed by atoms with Crippen LogP contribution in [0.3, 0.4) is 0 Å². The van der Waals surface area contributed by atoms with E-state index in [1.54, 1.807) is 6.92 Å². The molecule has 0 atom stereocenters. The number of carbonyl (C=O) groups is 1. The summed E-state index contributed by atoms with van der Waals surface area (Å²) in [6.45, 7) is 6.44. The molecule has 0 bridgehead atoms. The Morgan fingerprint density at radius 1 is 1.62 bits per heavy atom. The fourth-order valence-electron chi connectivity index (χ4n) is 0.625. The smallest absolute Gasteiger partial charge is 0.222 e. The van der Waals surface area contributed by atoms with Crippen LogP contribution in [0.15, 0.2) is 29.4 Å². The maximum absolute atomic E-state index is 10.6.